The lowest BCUT2D eigenvalue weighted by atomic mass is 10.0. The molecule has 2 aromatic rings. The van der Waals surface area contributed by atoms with Gasteiger partial charge >= 0.3 is 17.9 Å². The van der Waals surface area contributed by atoms with Crippen LogP contribution in [0.25, 0.3) is 0 Å². The number of ketones is 1. The largest absolute Gasteiger partial charge is 0.461 e. The van der Waals surface area contributed by atoms with E-state index in [9.17, 15) is 19.2 Å². The number of carbonyl (C=O) groups excluding carboxylic acids is 4. The van der Waals surface area contributed by atoms with Crippen LogP contribution in [0, 0.1) is 6.92 Å². The van der Waals surface area contributed by atoms with Crippen LogP contribution in [0.15, 0.2) is 48.5 Å². The number of ether oxygens (including phenoxy) is 5. The maximum absolute atomic E-state index is 12.9. The lowest BCUT2D eigenvalue weighted by Gasteiger charge is -2.40. The van der Waals surface area contributed by atoms with Crippen molar-refractivity contribution in [2.75, 3.05) is 6.61 Å². The van der Waals surface area contributed by atoms with Crippen molar-refractivity contribution in [3.63, 3.8) is 0 Å². The summed E-state index contributed by atoms with van der Waals surface area (Å²) >= 11 is 0. The first-order valence-electron chi connectivity index (χ1n) is 10.7. The number of rotatable bonds is 7. The van der Waals surface area contributed by atoms with Gasteiger partial charge in [0.1, 0.15) is 5.75 Å². The summed E-state index contributed by atoms with van der Waals surface area (Å²) in [5.74, 6) is -1.88. The van der Waals surface area contributed by atoms with Gasteiger partial charge in [0.05, 0.1) is 6.61 Å². The molecule has 0 spiro atoms. The Labute approximate surface area is 196 Å². The molecule has 1 aliphatic rings. The van der Waals surface area contributed by atoms with E-state index in [1.165, 1.54) is 26.8 Å². The fourth-order valence-electron chi connectivity index (χ4n) is 3.53. The maximum atomic E-state index is 12.9. The summed E-state index contributed by atoms with van der Waals surface area (Å²) in [6, 6.07) is 13.6. The number of aryl methyl sites for hydroxylation is 1. The standard InChI is InChI=1S/C25H26O9/c1-14-8-10-18(11-9-14)22(29)19-6-5-7-20(12-19)34-25-24(33-17(4)28)23(32-16(3)27)21(13-30-25)31-15(2)26/h5-12,21,23-25H,13H2,1-4H3/t21-,23+,24-,25+/m1/s1. The molecular weight excluding hydrogens is 444 g/mol. The summed E-state index contributed by atoms with van der Waals surface area (Å²) in [6.45, 7) is 5.33. The topological polar surface area (TPSA) is 114 Å². The van der Waals surface area contributed by atoms with Crippen molar-refractivity contribution in [1.29, 1.82) is 0 Å². The molecule has 0 unspecified atom stereocenters. The Kier molecular flexibility index (Phi) is 8.01. The van der Waals surface area contributed by atoms with Gasteiger partial charge in [-0.05, 0) is 19.1 Å². The first kappa shape index (κ1) is 24.9. The Balaban J connectivity index is 1.85. The minimum Gasteiger partial charge on any atom is -0.461 e. The average molecular weight is 470 g/mol. The van der Waals surface area contributed by atoms with Gasteiger partial charge in [-0.2, -0.15) is 0 Å². The Bertz CT molecular complexity index is 1060. The van der Waals surface area contributed by atoms with Crippen molar-refractivity contribution in [2.24, 2.45) is 0 Å². The summed E-state index contributed by atoms with van der Waals surface area (Å²) in [6.07, 6.45) is -4.57. The average Bonchev–Trinajstić information content (AvgIpc) is 2.77. The Hall–Kier alpha value is -3.72. The first-order chi connectivity index (χ1) is 16.1. The van der Waals surface area contributed by atoms with E-state index in [1.807, 2.05) is 19.1 Å². The Morgan fingerprint density at radius 3 is 2.03 bits per heavy atom. The third kappa shape index (κ3) is 6.41. The predicted octanol–water partition coefficient (Wildman–Crippen LogP) is 2.76. The fraction of sp³-hybridized carbons (Fsp3) is 0.360. The van der Waals surface area contributed by atoms with Crippen LogP contribution in [0.5, 0.6) is 5.75 Å². The third-order valence-corrected chi connectivity index (χ3v) is 4.97. The highest BCUT2D eigenvalue weighted by Crippen LogP contribution is 2.27. The molecule has 0 aliphatic carbocycles. The minimum absolute atomic E-state index is 0.165. The van der Waals surface area contributed by atoms with Crippen LogP contribution in [0.3, 0.4) is 0 Å². The van der Waals surface area contributed by atoms with Crippen LogP contribution in [0.4, 0.5) is 0 Å². The molecule has 4 atom stereocenters. The number of hydrogen-bond acceptors (Lipinski definition) is 9. The van der Waals surface area contributed by atoms with Crippen molar-refractivity contribution in [3.8, 4) is 5.75 Å². The van der Waals surface area contributed by atoms with E-state index in [0.29, 0.717) is 11.1 Å². The molecule has 1 heterocycles. The molecule has 1 fully saturated rings. The number of carbonyl (C=O) groups is 4. The zero-order valence-electron chi connectivity index (χ0n) is 19.3. The van der Waals surface area contributed by atoms with Gasteiger partial charge in [0.15, 0.2) is 18.0 Å². The highest BCUT2D eigenvalue weighted by molar-refractivity contribution is 6.09. The molecule has 1 aliphatic heterocycles. The van der Waals surface area contributed by atoms with Gasteiger partial charge < -0.3 is 23.7 Å². The maximum Gasteiger partial charge on any atom is 0.303 e. The molecule has 0 radical (unpaired) electrons. The van der Waals surface area contributed by atoms with Crippen molar-refractivity contribution in [3.05, 3.63) is 65.2 Å². The molecule has 180 valence electrons. The van der Waals surface area contributed by atoms with Crippen molar-refractivity contribution in [2.45, 2.75) is 52.3 Å². The highest BCUT2D eigenvalue weighted by atomic mass is 16.7. The van der Waals surface area contributed by atoms with Crippen molar-refractivity contribution in [1.82, 2.24) is 0 Å². The molecular formula is C25H26O9. The summed E-state index contributed by atoms with van der Waals surface area (Å²) in [7, 11) is 0. The molecule has 0 N–H and O–H groups in total. The quantitative estimate of drug-likeness (QED) is 0.342. The van der Waals surface area contributed by atoms with Crippen molar-refractivity contribution >= 4 is 23.7 Å². The van der Waals surface area contributed by atoms with Crippen LogP contribution in [0.2, 0.25) is 0 Å². The SMILES string of the molecule is CC(=O)O[C@@H]1[C@@H](OC(C)=O)[C@H](Oc2cccc(C(=O)c3ccc(C)cc3)c2)OC[C@H]1OC(C)=O. The molecule has 2 aromatic carbocycles. The number of benzene rings is 2. The number of hydrogen-bond donors (Lipinski definition) is 0. The van der Waals surface area contributed by atoms with Crippen LogP contribution in [0.1, 0.15) is 42.3 Å². The second-order valence-corrected chi connectivity index (χ2v) is 7.84. The van der Waals surface area contributed by atoms with Crippen LogP contribution in [-0.4, -0.2) is 54.9 Å². The van der Waals surface area contributed by atoms with Crippen molar-refractivity contribution < 1.29 is 42.9 Å². The molecule has 9 nitrogen and oxygen atoms in total. The zero-order chi connectivity index (χ0) is 24.8. The highest BCUT2D eigenvalue weighted by Gasteiger charge is 2.48. The summed E-state index contributed by atoms with van der Waals surface area (Å²) in [5.41, 5.74) is 1.94. The first-order valence-corrected chi connectivity index (χ1v) is 10.7. The summed E-state index contributed by atoms with van der Waals surface area (Å²) in [4.78, 5) is 47.8. The van der Waals surface area contributed by atoms with E-state index >= 15 is 0 Å². The van der Waals surface area contributed by atoms with E-state index in [1.54, 1.807) is 30.3 Å². The fourth-order valence-corrected chi connectivity index (χ4v) is 3.53. The van der Waals surface area contributed by atoms with E-state index < -0.39 is 42.5 Å². The second kappa shape index (κ2) is 10.9. The molecule has 0 aromatic heterocycles. The van der Waals surface area contributed by atoms with Gasteiger partial charge in [0, 0.05) is 31.9 Å². The normalized spacial score (nSPS) is 21.8. The molecule has 0 saturated carbocycles. The molecule has 0 amide bonds. The lowest BCUT2D eigenvalue weighted by Crippen LogP contribution is -2.59. The lowest BCUT2D eigenvalue weighted by molar-refractivity contribution is -0.259. The van der Waals surface area contributed by atoms with Crippen LogP contribution in [-0.2, 0) is 33.3 Å². The van der Waals surface area contributed by atoms with Gasteiger partial charge in [0.2, 0.25) is 12.4 Å². The molecule has 3 rings (SSSR count). The van der Waals surface area contributed by atoms with E-state index in [2.05, 4.69) is 0 Å². The third-order valence-electron chi connectivity index (χ3n) is 4.97. The Morgan fingerprint density at radius 2 is 1.41 bits per heavy atom. The van der Waals surface area contributed by atoms with Gasteiger partial charge in [-0.15, -0.1) is 0 Å². The molecule has 9 heteroatoms. The van der Waals surface area contributed by atoms with E-state index in [4.69, 9.17) is 23.7 Å². The second-order valence-electron chi connectivity index (χ2n) is 7.84. The van der Waals surface area contributed by atoms with Gasteiger partial charge in [-0.3, -0.25) is 19.2 Å². The number of esters is 3. The summed E-state index contributed by atoms with van der Waals surface area (Å²) in [5, 5.41) is 0. The minimum atomic E-state index is -1.23. The van der Waals surface area contributed by atoms with Gasteiger partial charge in [-0.25, -0.2) is 0 Å². The van der Waals surface area contributed by atoms with Gasteiger partial charge in [-0.1, -0.05) is 42.0 Å². The Morgan fingerprint density at radius 1 is 0.794 bits per heavy atom. The van der Waals surface area contributed by atoms with Crippen LogP contribution >= 0.6 is 0 Å². The van der Waals surface area contributed by atoms with Crippen LogP contribution < -0.4 is 4.74 Å². The van der Waals surface area contributed by atoms with Gasteiger partial charge in [0.25, 0.3) is 0 Å². The monoisotopic (exact) mass is 470 g/mol. The van der Waals surface area contributed by atoms with E-state index in [0.717, 1.165) is 5.56 Å². The smallest absolute Gasteiger partial charge is 0.303 e. The molecule has 0 bridgehead atoms. The summed E-state index contributed by atoms with van der Waals surface area (Å²) < 4.78 is 27.4. The van der Waals surface area contributed by atoms with E-state index in [-0.39, 0.29) is 18.1 Å². The predicted molar refractivity (Wildman–Crippen MR) is 118 cm³/mol. The molecule has 34 heavy (non-hydrogen) atoms. The molecule has 1 saturated heterocycles. The zero-order valence-corrected chi connectivity index (χ0v) is 19.3.